The number of hydrogen-bond donors (Lipinski definition) is 1. The molecule has 3 nitrogen and oxygen atoms in total. The van der Waals surface area contributed by atoms with E-state index < -0.39 is 12.1 Å². The van der Waals surface area contributed by atoms with Crippen molar-refractivity contribution >= 4 is 5.91 Å². The van der Waals surface area contributed by atoms with Crippen LogP contribution in [0.4, 0.5) is 13.2 Å². The van der Waals surface area contributed by atoms with Gasteiger partial charge in [0.05, 0.1) is 0 Å². The molecule has 0 aromatic carbocycles. The van der Waals surface area contributed by atoms with Crippen molar-refractivity contribution in [3.05, 3.63) is 0 Å². The smallest absolute Gasteiger partial charge is 0.335 e. The summed E-state index contributed by atoms with van der Waals surface area (Å²) >= 11 is 0. The molecule has 1 aliphatic rings. The van der Waals surface area contributed by atoms with E-state index >= 15 is 0 Å². The molecular weight excluding hydrogens is 197 g/mol. The highest BCUT2D eigenvalue weighted by Crippen LogP contribution is 2.25. The van der Waals surface area contributed by atoms with E-state index in [1.54, 1.807) is 0 Å². The third-order valence-corrected chi connectivity index (χ3v) is 2.39. The molecule has 0 bridgehead atoms. The van der Waals surface area contributed by atoms with E-state index in [2.05, 4.69) is 0 Å². The molecule has 0 aromatic rings. The van der Waals surface area contributed by atoms with Crippen LogP contribution in [-0.2, 0) is 4.79 Å². The fraction of sp³-hybridized carbons (Fsp3) is 0.875. The van der Waals surface area contributed by atoms with Crippen LogP contribution in [0.1, 0.15) is 12.8 Å². The largest absolute Gasteiger partial charge is 0.471 e. The number of hydrogen-bond acceptors (Lipinski definition) is 2. The number of nitrogens with two attached hydrogens (primary N) is 1. The Kier molecular flexibility index (Phi) is 3.36. The summed E-state index contributed by atoms with van der Waals surface area (Å²) < 4.78 is 36.0. The second-order valence-electron chi connectivity index (χ2n) is 3.48. The van der Waals surface area contributed by atoms with E-state index in [-0.39, 0.29) is 19.0 Å². The molecule has 1 rings (SSSR count). The van der Waals surface area contributed by atoms with Gasteiger partial charge in [-0.3, -0.25) is 4.79 Å². The quantitative estimate of drug-likeness (QED) is 0.730. The summed E-state index contributed by atoms with van der Waals surface area (Å²) in [6, 6.07) is 0. The van der Waals surface area contributed by atoms with Crippen molar-refractivity contribution in [2.45, 2.75) is 19.0 Å². The van der Waals surface area contributed by atoms with Gasteiger partial charge in [0.1, 0.15) is 0 Å². The van der Waals surface area contributed by atoms with Crippen molar-refractivity contribution in [3.8, 4) is 0 Å². The number of alkyl halides is 3. The summed E-state index contributed by atoms with van der Waals surface area (Å²) in [5.41, 5.74) is 5.29. The Labute approximate surface area is 80.0 Å². The van der Waals surface area contributed by atoms with Gasteiger partial charge in [-0.15, -0.1) is 0 Å². The lowest BCUT2D eigenvalue weighted by molar-refractivity contribution is -0.184. The van der Waals surface area contributed by atoms with Gasteiger partial charge in [0, 0.05) is 13.1 Å². The Balaban J connectivity index is 2.46. The van der Waals surface area contributed by atoms with Crippen LogP contribution in [0.25, 0.3) is 0 Å². The summed E-state index contributed by atoms with van der Waals surface area (Å²) in [7, 11) is 0. The molecule has 0 saturated carbocycles. The fourth-order valence-electron chi connectivity index (χ4n) is 1.67. The van der Waals surface area contributed by atoms with Crippen molar-refractivity contribution in [1.29, 1.82) is 0 Å². The molecule has 0 aliphatic carbocycles. The standard InChI is InChI=1S/C8H13F3N2O/c9-8(10,11)7(14)13-4-2-6(5-13)1-3-12/h6H,1-5,12H2. The highest BCUT2D eigenvalue weighted by molar-refractivity contribution is 5.82. The first-order valence-electron chi connectivity index (χ1n) is 4.51. The highest BCUT2D eigenvalue weighted by atomic mass is 19.4. The number of halogens is 3. The van der Waals surface area contributed by atoms with Gasteiger partial charge in [0.2, 0.25) is 0 Å². The van der Waals surface area contributed by atoms with Crippen LogP contribution < -0.4 is 5.73 Å². The Morgan fingerprint density at radius 3 is 2.64 bits per heavy atom. The molecule has 1 aliphatic heterocycles. The summed E-state index contributed by atoms with van der Waals surface area (Å²) in [6.07, 6.45) is -3.43. The molecule has 82 valence electrons. The molecule has 0 radical (unpaired) electrons. The predicted molar refractivity (Wildman–Crippen MR) is 44.4 cm³/mol. The molecule has 6 heteroatoms. The third-order valence-electron chi connectivity index (χ3n) is 2.39. The molecule has 1 heterocycles. The highest BCUT2D eigenvalue weighted by Gasteiger charge is 2.44. The van der Waals surface area contributed by atoms with Crippen LogP contribution in [-0.4, -0.2) is 36.6 Å². The first-order valence-corrected chi connectivity index (χ1v) is 4.51. The Bertz CT molecular complexity index is 217. The van der Waals surface area contributed by atoms with Gasteiger partial charge in [-0.05, 0) is 25.3 Å². The minimum atomic E-state index is -4.74. The van der Waals surface area contributed by atoms with Crippen LogP contribution in [0.3, 0.4) is 0 Å². The maximum absolute atomic E-state index is 12.0. The molecule has 0 spiro atoms. The van der Waals surface area contributed by atoms with Gasteiger partial charge >= 0.3 is 12.1 Å². The van der Waals surface area contributed by atoms with Crippen LogP contribution in [0.2, 0.25) is 0 Å². The summed E-state index contributed by atoms with van der Waals surface area (Å²) in [5.74, 6) is -1.59. The number of carbonyl (C=O) groups is 1. The molecule has 0 aromatic heterocycles. The summed E-state index contributed by atoms with van der Waals surface area (Å²) in [6.45, 7) is 0.845. The van der Waals surface area contributed by atoms with E-state index in [1.165, 1.54) is 0 Å². The average Bonchev–Trinajstić information content (AvgIpc) is 2.50. The molecule has 14 heavy (non-hydrogen) atoms. The second-order valence-corrected chi connectivity index (χ2v) is 3.48. The number of carbonyl (C=O) groups excluding carboxylic acids is 1. The van der Waals surface area contributed by atoms with E-state index in [1.807, 2.05) is 0 Å². The Morgan fingerprint density at radius 1 is 1.50 bits per heavy atom. The third kappa shape index (κ3) is 2.60. The maximum atomic E-state index is 12.0. The molecule has 1 atom stereocenters. The van der Waals surface area contributed by atoms with Gasteiger partial charge < -0.3 is 10.6 Å². The zero-order valence-electron chi connectivity index (χ0n) is 7.68. The minimum Gasteiger partial charge on any atom is -0.335 e. The lowest BCUT2D eigenvalue weighted by Crippen LogP contribution is -2.39. The van der Waals surface area contributed by atoms with E-state index in [9.17, 15) is 18.0 Å². The van der Waals surface area contributed by atoms with Crippen LogP contribution >= 0.6 is 0 Å². The van der Waals surface area contributed by atoms with E-state index in [4.69, 9.17) is 5.73 Å². The zero-order valence-corrected chi connectivity index (χ0v) is 7.68. The van der Waals surface area contributed by atoms with Gasteiger partial charge in [0.25, 0.3) is 0 Å². The molecular formula is C8H13F3N2O. The van der Waals surface area contributed by atoms with Gasteiger partial charge in [-0.1, -0.05) is 0 Å². The number of amides is 1. The van der Waals surface area contributed by atoms with Crippen molar-refractivity contribution < 1.29 is 18.0 Å². The molecule has 2 N–H and O–H groups in total. The van der Waals surface area contributed by atoms with Crippen LogP contribution in [0.15, 0.2) is 0 Å². The number of nitrogens with zero attached hydrogens (tertiary/aromatic N) is 1. The molecule has 1 amide bonds. The first-order chi connectivity index (χ1) is 6.45. The Morgan fingerprint density at radius 2 is 2.14 bits per heavy atom. The van der Waals surface area contributed by atoms with E-state index in [0.717, 1.165) is 4.90 Å². The summed E-state index contributed by atoms with van der Waals surface area (Å²) in [4.78, 5) is 11.6. The monoisotopic (exact) mass is 210 g/mol. The van der Waals surface area contributed by atoms with E-state index in [0.29, 0.717) is 19.4 Å². The molecule has 1 unspecified atom stereocenters. The SMILES string of the molecule is NCCC1CCN(C(=O)C(F)(F)F)C1. The lowest BCUT2D eigenvalue weighted by atomic mass is 10.1. The zero-order chi connectivity index (χ0) is 10.8. The predicted octanol–water partition coefficient (Wildman–Crippen LogP) is 0.746. The van der Waals surface area contributed by atoms with Crippen molar-refractivity contribution in [3.63, 3.8) is 0 Å². The molecule has 1 saturated heterocycles. The van der Waals surface area contributed by atoms with Gasteiger partial charge in [-0.2, -0.15) is 13.2 Å². The van der Waals surface area contributed by atoms with Crippen molar-refractivity contribution in [1.82, 2.24) is 4.90 Å². The minimum absolute atomic E-state index is 0.131. The van der Waals surface area contributed by atoms with Crippen molar-refractivity contribution in [2.24, 2.45) is 11.7 Å². The fourth-order valence-corrected chi connectivity index (χ4v) is 1.67. The van der Waals surface area contributed by atoms with Crippen LogP contribution in [0.5, 0.6) is 0 Å². The lowest BCUT2D eigenvalue weighted by Gasteiger charge is -2.17. The summed E-state index contributed by atoms with van der Waals surface area (Å²) in [5, 5.41) is 0. The van der Waals surface area contributed by atoms with Crippen molar-refractivity contribution in [2.75, 3.05) is 19.6 Å². The topological polar surface area (TPSA) is 46.3 Å². The Hall–Kier alpha value is -0.780. The number of rotatable bonds is 2. The first kappa shape index (κ1) is 11.3. The number of likely N-dealkylation sites (tertiary alicyclic amines) is 1. The van der Waals surface area contributed by atoms with Crippen LogP contribution in [0, 0.1) is 5.92 Å². The van der Waals surface area contributed by atoms with Gasteiger partial charge in [-0.25, -0.2) is 0 Å². The second kappa shape index (κ2) is 4.16. The maximum Gasteiger partial charge on any atom is 0.471 e. The average molecular weight is 210 g/mol. The molecule has 1 fully saturated rings. The van der Waals surface area contributed by atoms with Gasteiger partial charge in [0.15, 0.2) is 0 Å². The normalized spacial score (nSPS) is 22.9.